The van der Waals surface area contributed by atoms with Crippen LogP contribution in [0.2, 0.25) is 0 Å². The van der Waals surface area contributed by atoms with Gasteiger partial charge in [-0.1, -0.05) is 19.1 Å². The molecule has 3 heteroatoms. The molecular weight excluding hydrogens is 313 g/mol. The van der Waals surface area contributed by atoms with Crippen LogP contribution in [0.3, 0.4) is 0 Å². The molecule has 1 aromatic carbocycles. The monoisotopic (exact) mass is 333 g/mol. The Labute approximate surface area is 112 Å². The molecular formula is C13H20INO. The molecule has 0 radical (unpaired) electrons. The van der Waals surface area contributed by atoms with E-state index in [-0.39, 0.29) is 0 Å². The highest BCUT2D eigenvalue weighted by Gasteiger charge is 2.07. The number of methoxy groups -OCH3 is 1. The normalized spacial score (nSPS) is 12.7. The lowest BCUT2D eigenvalue weighted by molar-refractivity contribution is 0.183. The Morgan fingerprint density at radius 1 is 1.31 bits per heavy atom. The smallest absolute Gasteiger partial charge is 0.0477 e. The van der Waals surface area contributed by atoms with Gasteiger partial charge < -0.3 is 10.1 Å². The summed E-state index contributed by atoms with van der Waals surface area (Å²) < 4.78 is 6.42. The average molecular weight is 333 g/mol. The number of hydrogen-bond acceptors (Lipinski definition) is 2. The first-order valence-corrected chi connectivity index (χ1v) is 6.81. The van der Waals surface area contributed by atoms with Gasteiger partial charge in [-0.3, -0.25) is 0 Å². The molecule has 90 valence electrons. The number of benzene rings is 1. The minimum Gasteiger partial charge on any atom is -0.385 e. The minimum atomic E-state index is 0.519. The molecule has 0 aromatic heterocycles. The molecule has 0 heterocycles. The van der Waals surface area contributed by atoms with E-state index in [1.807, 2.05) is 0 Å². The molecule has 0 aliphatic carbocycles. The molecule has 0 saturated heterocycles. The van der Waals surface area contributed by atoms with E-state index < -0.39 is 0 Å². The maximum Gasteiger partial charge on any atom is 0.0477 e. The van der Waals surface area contributed by atoms with Gasteiger partial charge >= 0.3 is 0 Å². The topological polar surface area (TPSA) is 21.3 Å². The molecule has 1 rings (SSSR count). The first-order chi connectivity index (χ1) is 7.76. The van der Waals surface area contributed by atoms with E-state index in [1.165, 1.54) is 9.13 Å². The molecule has 0 spiro atoms. The predicted octanol–water partition coefficient (Wildman–Crippen LogP) is 2.85. The van der Waals surface area contributed by atoms with E-state index in [0.29, 0.717) is 6.04 Å². The van der Waals surface area contributed by atoms with E-state index in [0.717, 1.165) is 26.0 Å². The second-order valence-corrected chi connectivity index (χ2v) is 5.11. The molecule has 0 aliphatic rings. The minimum absolute atomic E-state index is 0.519. The first kappa shape index (κ1) is 13.9. The Kier molecular flexibility index (Phi) is 7.00. The quantitative estimate of drug-likeness (QED) is 0.775. The fourth-order valence-electron chi connectivity index (χ4n) is 1.73. The summed E-state index contributed by atoms with van der Waals surface area (Å²) in [4.78, 5) is 0. The summed E-state index contributed by atoms with van der Waals surface area (Å²) in [5.74, 6) is 0. The Balaban J connectivity index is 2.49. The predicted molar refractivity (Wildman–Crippen MR) is 76.8 cm³/mol. The van der Waals surface area contributed by atoms with Crippen molar-refractivity contribution in [2.45, 2.75) is 25.8 Å². The third kappa shape index (κ3) is 5.27. The fraction of sp³-hybridized carbons (Fsp3) is 0.538. The number of likely N-dealkylation sites (N-methyl/N-ethyl adjacent to an activating group) is 1. The van der Waals surface area contributed by atoms with Gasteiger partial charge in [0.15, 0.2) is 0 Å². The summed E-state index contributed by atoms with van der Waals surface area (Å²) in [6.45, 7) is 3.98. The van der Waals surface area contributed by atoms with Crippen molar-refractivity contribution >= 4 is 22.6 Å². The van der Waals surface area contributed by atoms with Crippen molar-refractivity contribution < 1.29 is 4.74 Å². The molecule has 16 heavy (non-hydrogen) atoms. The van der Waals surface area contributed by atoms with Crippen LogP contribution in [-0.2, 0) is 11.2 Å². The van der Waals surface area contributed by atoms with Crippen molar-refractivity contribution in [2.75, 3.05) is 20.3 Å². The molecule has 0 saturated carbocycles. The van der Waals surface area contributed by atoms with Crippen molar-refractivity contribution in [1.29, 1.82) is 0 Å². The molecule has 2 nitrogen and oxygen atoms in total. The number of rotatable bonds is 7. The van der Waals surface area contributed by atoms with Crippen molar-refractivity contribution in [3.8, 4) is 0 Å². The van der Waals surface area contributed by atoms with Crippen LogP contribution >= 0.6 is 22.6 Å². The zero-order valence-electron chi connectivity index (χ0n) is 10.0. The van der Waals surface area contributed by atoms with Crippen LogP contribution in [-0.4, -0.2) is 26.3 Å². The van der Waals surface area contributed by atoms with Gasteiger partial charge in [0.2, 0.25) is 0 Å². The molecule has 1 atom stereocenters. The van der Waals surface area contributed by atoms with E-state index in [9.17, 15) is 0 Å². The molecule has 0 amide bonds. The van der Waals surface area contributed by atoms with Crippen molar-refractivity contribution in [1.82, 2.24) is 5.32 Å². The van der Waals surface area contributed by atoms with Gasteiger partial charge in [0.05, 0.1) is 0 Å². The van der Waals surface area contributed by atoms with Crippen LogP contribution in [0.25, 0.3) is 0 Å². The maximum absolute atomic E-state index is 5.13. The average Bonchev–Trinajstić information content (AvgIpc) is 2.29. The molecule has 0 aliphatic heterocycles. The Morgan fingerprint density at radius 2 is 2.00 bits per heavy atom. The zero-order chi connectivity index (χ0) is 11.8. The molecule has 0 fully saturated rings. The van der Waals surface area contributed by atoms with Gasteiger partial charge in [-0.2, -0.15) is 0 Å². The van der Waals surface area contributed by atoms with Crippen LogP contribution in [0.1, 0.15) is 18.9 Å². The second-order valence-electron chi connectivity index (χ2n) is 3.87. The molecule has 1 aromatic rings. The third-order valence-corrected chi connectivity index (χ3v) is 3.28. The van der Waals surface area contributed by atoms with Gasteiger partial charge in [0.25, 0.3) is 0 Å². The third-order valence-electron chi connectivity index (χ3n) is 2.56. The second kappa shape index (κ2) is 8.03. The van der Waals surface area contributed by atoms with Gasteiger partial charge in [-0.25, -0.2) is 0 Å². The largest absolute Gasteiger partial charge is 0.385 e. The highest BCUT2D eigenvalue weighted by atomic mass is 127. The summed E-state index contributed by atoms with van der Waals surface area (Å²) in [6.07, 6.45) is 2.14. The van der Waals surface area contributed by atoms with E-state index in [4.69, 9.17) is 4.74 Å². The Bertz CT molecular complexity index is 286. The van der Waals surface area contributed by atoms with E-state index >= 15 is 0 Å². The summed E-state index contributed by atoms with van der Waals surface area (Å²) in [5.41, 5.74) is 1.39. The van der Waals surface area contributed by atoms with Gasteiger partial charge in [-0.15, -0.1) is 0 Å². The fourth-order valence-corrected chi connectivity index (χ4v) is 2.09. The van der Waals surface area contributed by atoms with Crippen LogP contribution in [0.4, 0.5) is 0 Å². The van der Waals surface area contributed by atoms with Crippen molar-refractivity contribution in [3.63, 3.8) is 0 Å². The Hall–Kier alpha value is -0.130. The number of ether oxygens (including phenoxy) is 1. The van der Waals surface area contributed by atoms with E-state index in [2.05, 4.69) is 59.1 Å². The van der Waals surface area contributed by atoms with Gasteiger partial charge in [0.1, 0.15) is 0 Å². The highest BCUT2D eigenvalue weighted by Crippen LogP contribution is 2.10. The van der Waals surface area contributed by atoms with Crippen molar-refractivity contribution in [2.24, 2.45) is 0 Å². The summed E-state index contributed by atoms with van der Waals surface area (Å²) >= 11 is 2.33. The summed E-state index contributed by atoms with van der Waals surface area (Å²) in [6, 6.07) is 9.26. The lowest BCUT2D eigenvalue weighted by Gasteiger charge is -2.17. The summed E-state index contributed by atoms with van der Waals surface area (Å²) in [7, 11) is 1.76. The number of hydrogen-bond donors (Lipinski definition) is 1. The van der Waals surface area contributed by atoms with Crippen LogP contribution in [0.5, 0.6) is 0 Å². The van der Waals surface area contributed by atoms with Crippen LogP contribution < -0.4 is 5.32 Å². The van der Waals surface area contributed by atoms with Crippen molar-refractivity contribution in [3.05, 3.63) is 33.4 Å². The van der Waals surface area contributed by atoms with E-state index in [1.54, 1.807) is 7.11 Å². The van der Waals surface area contributed by atoms with Gasteiger partial charge in [0, 0.05) is 23.3 Å². The number of halogens is 1. The number of nitrogens with one attached hydrogen (secondary N) is 1. The first-order valence-electron chi connectivity index (χ1n) is 5.73. The zero-order valence-corrected chi connectivity index (χ0v) is 12.2. The van der Waals surface area contributed by atoms with Crippen LogP contribution in [0.15, 0.2) is 24.3 Å². The van der Waals surface area contributed by atoms with Gasteiger partial charge in [-0.05, 0) is 59.7 Å². The summed E-state index contributed by atoms with van der Waals surface area (Å²) in [5, 5.41) is 3.50. The Morgan fingerprint density at radius 3 is 2.56 bits per heavy atom. The standard InChI is InChI=1S/C13H20INO/c1-3-15-13(8-9-16-2)10-11-4-6-12(14)7-5-11/h4-7,13,15H,3,8-10H2,1-2H3. The lowest BCUT2D eigenvalue weighted by atomic mass is 10.0. The molecule has 1 N–H and O–H groups in total. The molecule has 0 bridgehead atoms. The SMILES string of the molecule is CCNC(CCOC)Cc1ccc(I)cc1. The lowest BCUT2D eigenvalue weighted by Crippen LogP contribution is -2.32. The highest BCUT2D eigenvalue weighted by molar-refractivity contribution is 14.1. The van der Waals surface area contributed by atoms with Crippen LogP contribution in [0, 0.1) is 3.57 Å². The molecule has 1 unspecified atom stereocenters. The maximum atomic E-state index is 5.13.